The molecule has 0 aliphatic heterocycles. The first-order chi connectivity index (χ1) is 17.8. The van der Waals surface area contributed by atoms with Crippen LogP contribution in [-0.2, 0) is 19.3 Å². The maximum atomic E-state index is 11.1. The summed E-state index contributed by atoms with van der Waals surface area (Å²) in [7, 11) is 0. The van der Waals surface area contributed by atoms with Crippen LogP contribution in [0.25, 0.3) is 10.8 Å². The van der Waals surface area contributed by atoms with Gasteiger partial charge in [0.1, 0.15) is 23.0 Å². The van der Waals surface area contributed by atoms with Crippen LogP contribution in [0.2, 0.25) is 0 Å². The van der Waals surface area contributed by atoms with E-state index < -0.39 is 0 Å². The van der Waals surface area contributed by atoms with Gasteiger partial charge in [0.15, 0.2) is 11.5 Å². The second-order valence-corrected chi connectivity index (χ2v) is 9.21. The van der Waals surface area contributed by atoms with Gasteiger partial charge < -0.3 is 30.6 Å². The standard InChI is InChI=1S/C31H26O6/c32-22-8-4-18(5-9-22)12-21-16-26-25(15-20-2-1-3-24(34)13-20)27(14-19-6-10-23(33)11-7-19)29(35)17-28(26)31(37)30(21)36/h1-11,13,16-17,32-37H,12,14-15H2. The molecule has 6 heteroatoms. The molecule has 5 rings (SSSR count). The molecular formula is C31H26O6. The summed E-state index contributed by atoms with van der Waals surface area (Å²) >= 11 is 0. The lowest BCUT2D eigenvalue weighted by atomic mass is 9.87. The molecule has 0 aromatic heterocycles. The fraction of sp³-hybridized carbons (Fsp3) is 0.0968. The summed E-state index contributed by atoms with van der Waals surface area (Å²) in [5.74, 6) is -0.223. The third-order valence-electron chi connectivity index (χ3n) is 6.61. The quantitative estimate of drug-likeness (QED) is 0.165. The summed E-state index contributed by atoms with van der Waals surface area (Å²) in [5.41, 5.74) is 4.40. The molecule has 0 aliphatic rings. The molecule has 6 nitrogen and oxygen atoms in total. The molecule has 0 spiro atoms. The molecule has 0 saturated heterocycles. The van der Waals surface area contributed by atoms with Crippen molar-refractivity contribution < 1.29 is 30.6 Å². The Balaban J connectivity index is 1.71. The second-order valence-electron chi connectivity index (χ2n) is 9.21. The molecular weight excluding hydrogens is 468 g/mol. The highest BCUT2D eigenvalue weighted by molar-refractivity contribution is 5.96. The average molecular weight is 495 g/mol. The van der Waals surface area contributed by atoms with E-state index in [0.29, 0.717) is 41.2 Å². The monoisotopic (exact) mass is 494 g/mol. The van der Waals surface area contributed by atoms with Crippen LogP contribution in [0.5, 0.6) is 34.5 Å². The minimum Gasteiger partial charge on any atom is -0.508 e. The van der Waals surface area contributed by atoms with Gasteiger partial charge in [0.05, 0.1) is 0 Å². The van der Waals surface area contributed by atoms with Gasteiger partial charge in [-0.3, -0.25) is 0 Å². The van der Waals surface area contributed by atoms with Crippen molar-refractivity contribution >= 4 is 10.8 Å². The summed E-state index contributed by atoms with van der Waals surface area (Å²) in [5, 5.41) is 63.1. The Hall–Kier alpha value is -4.84. The average Bonchev–Trinajstić information content (AvgIpc) is 2.88. The van der Waals surface area contributed by atoms with Gasteiger partial charge in [-0.25, -0.2) is 0 Å². The van der Waals surface area contributed by atoms with Crippen molar-refractivity contribution in [2.24, 2.45) is 0 Å². The summed E-state index contributed by atoms with van der Waals surface area (Å²) < 4.78 is 0. The van der Waals surface area contributed by atoms with E-state index in [9.17, 15) is 30.6 Å². The fourth-order valence-corrected chi connectivity index (χ4v) is 4.72. The third kappa shape index (κ3) is 4.95. The first-order valence-electron chi connectivity index (χ1n) is 11.8. The van der Waals surface area contributed by atoms with Crippen LogP contribution in [0.1, 0.15) is 33.4 Å². The molecule has 0 unspecified atom stereocenters. The molecule has 0 radical (unpaired) electrons. The van der Waals surface area contributed by atoms with Gasteiger partial charge in [-0.1, -0.05) is 36.4 Å². The van der Waals surface area contributed by atoms with Crippen LogP contribution >= 0.6 is 0 Å². The molecule has 0 heterocycles. The number of benzene rings is 5. The van der Waals surface area contributed by atoms with Crippen LogP contribution < -0.4 is 0 Å². The highest BCUT2D eigenvalue weighted by Gasteiger charge is 2.20. The Morgan fingerprint density at radius 2 is 1.03 bits per heavy atom. The van der Waals surface area contributed by atoms with Crippen LogP contribution in [0, 0.1) is 0 Å². The number of rotatable bonds is 6. The van der Waals surface area contributed by atoms with E-state index in [2.05, 4.69) is 0 Å². The Morgan fingerprint density at radius 3 is 1.65 bits per heavy atom. The lowest BCUT2D eigenvalue weighted by molar-refractivity contribution is 0.404. The van der Waals surface area contributed by atoms with Crippen molar-refractivity contribution in [2.75, 3.05) is 0 Å². The molecule has 186 valence electrons. The van der Waals surface area contributed by atoms with Gasteiger partial charge >= 0.3 is 0 Å². The van der Waals surface area contributed by atoms with Crippen LogP contribution in [0.4, 0.5) is 0 Å². The van der Waals surface area contributed by atoms with E-state index in [-0.39, 0.29) is 34.5 Å². The first kappa shape index (κ1) is 23.9. The molecule has 0 aliphatic carbocycles. The molecule has 0 saturated carbocycles. The highest BCUT2D eigenvalue weighted by Crippen LogP contribution is 2.44. The maximum Gasteiger partial charge on any atom is 0.165 e. The number of aromatic hydroxyl groups is 6. The molecule has 0 atom stereocenters. The van der Waals surface area contributed by atoms with E-state index >= 15 is 0 Å². The Bertz CT molecular complexity index is 1590. The number of phenolic OH excluding ortho intramolecular Hbond substituents is 6. The highest BCUT2D eigenvalue weighted by atomic mass is 16.3. The molecule has 0 fully saturated rings. The second kappa shape index (κ2) is 9.66. The molecule has 6 N–H and O–H groups in total. The first-order valence-corrected chi connectivity index (χ1v) is 11.8. The van der Waals surface area contributed by atoms with Crippen molar-refractivity contribution in [1.29, 1.82) is 0 Å². The predicted molar refractivity (Wildman–Crippen MR) is 142 cm³/mol. The number of phenols is 6. The van der Waals surface area contributed by atoms with E-state index in [1.807, 2.05) is 12.1 Å². The zero-order valence-electron chi connectivity index (χ0n) is 19.9. The summed E-state index contributed by atoms with van der Waals surface area (Å²) in [6.45, 7) is 0. The topological polar surface area (TPSA) is 121 Å². The number of fused-ring (bicyclic) bond motifs is 1. The van der Waals surface area contributed by atoms with Crippen LogP contribution in [0.15, 0.2) is 84.9 Å². The molecule has 37 heavy (non-hydrogen) atoms. The van der Waals surface area contributed by atoms with Gasteiger partial charge in [-0.2, -0.15) is 0 Å². The van der Waals surface area contributed by atoms with E-state index in [0.717, 1.165) is 22.3 Å². The lowest BCUT2D eigenvalue weighted by Gasteiger charge is -2.19. The van der Waals surface area contributed by atoms with Gasteiger partial charge in [0.25, 0.3) is 0 Å². The summed E-state index contributed by atoms with van der Waals surface area (Å²) in [6.07, 6.45) is 1.04. The minimum absolute atomic E-state index is 0.0308. The Kier molecular flexibility index (Phi) is 6.24. The maximum absolute atomic E-state index is 11.1. The molecule has 5 aromatic carbocycles. The Labute approximate surface area is 213 Å². The number of hydrogen-bond donors (Lipinski definition) is 6. The van der Waals surface area contributed by atoms with E-state index in [4.69, 9.17) is 0 Å². The Morgan fingerprint density at radius 1 is 0.432 bits per heavy atom. The van der Waals surface area contributed by atoms with Crippen LogP contribution in [0.3, 0.4) is 0 Å². The van der Waals surface area contributed by atoms with E-state index in [1.165, 1.54) is 6.07 Å². The zero-order chi connectivity index (χ0) is 26.1. The predicted octanol–water partition coefficient (Wildman–Crippen LogP) is 5.85. The number of hydrogen-bond acceptors (Lipinski definition) is 6. The summed E-state index contributed by atoms with van der Waals surface area (Å²) in [4.78, 5) is 0. The zero-order valence-corrected chi connectivity index (χ0v) is 19.9. The lowest BCUT2D eigenvalue weighted by Crippen LogP contribution is -2.01. The van der Waals surface area contributed by atoms with Gasteiger partial charge in [0.2, 0.25) is 0 Å². The minimum atomic E-state index is -0.324. The van der Waals surface area contributed by atoms with Crippen molar-refractivity contribution in [3.63, 3.8) is 0 Å². The third-order valence-corrected chi connectivity index (χ3v) is 6.61. The molecule has 0 amide bonds. The SMILES string of the molecule is Oc1ccc(Cc2cc3c(Cc4cccc(O)c4)c(Cc4ccc(O)cc4)c(O)cc3c(O)c2O)cc1. The molecule has 0 bridgehead atoms. The molecule has 5 aromatic rings. The van der Waals surface area contributed by atoms with Gasteiger partial charge in [-0.15, -0.1) is 0 Å². The van der Waals surface area contributed by atoms with Crippen LogP contribution in [-0.4, -0.2) is 30.6 Å². The van der Waals surface area contributed by atoms with E-state index in [1.54, 1.807) is 66.7 Å². The fourth-order valence-electron chi connectivity index (χ4n) is 4.72. The smallest absolute Gasteiger partial charge is 0.165 e. The van der Waals surface area contributed by atoms with Crippen molar-refractivity contribution in [3.05, 3.63) is 118 Å². The van der Waals surface area contributed by atoms with Gasteiger partial charge in [0, 0.05) is 29.4 Å². The van der Waals surface area contributed by atoms with Crippen molar-refractivity contribution in [1.82, 2.24) is 0 Å². The largest absolute Gasteiger partial charge is 0.508 e. The summed E-state index contributed by atoms with van der Waals surface area (Å²) in [6, 6.07) is 23.5. The van der Waals surface area contributed by atoms with Crippen molar-refractivity contribution in [3.8, 4) is 34.5 Å². The van der Waals surface area contributed by atoms with Gasteiger partial charge in [-0.05, 0) is 82.6 Å². The normalized spacial score (nSPS) is 11.1. The van der Waals surface area contributed by atoms with Crippen molar-refractivity contribution in [2.45, 2.75) is 19.3 Å².